The van der Waals surface area contributed by atoms with Crippen LogP contribution in [-0.4, -0.2) is 18.0 Å². The number of allylic oxidation sites excluding steroid dienone is 1. The first-order valence-electron chi connectivity index (χ1n) is 7.54. The van der Waals surface area contributed by atoms with Crippen LogP contribution in [0.1, 0.15) is 43.2 Å². The first kappa shape index (κ1) is 15.3. The molecule has 0 N–H and O–H groups in total. The van der Waals surface area contributed by atoms with Gasteiger partial charge in [0.15, 0.2) is 0 Å². The number of benzene rings is 1. The Kier molecular flexibility index (Phi) is 5.55. The summed E-state index contributed by atoms with van der Waals surface area (Å²) in [5, 5.41) is 17.8. The number of nitrogens with zero attached hydrogens (tertiary/aromatic N) is 3. The number of nitriles is 2. The maximum absolute atomic E-state index is 8.91. The molecule has 21 heavy (non-hydrogen) atoms. The molecule has 1 aromatic rings. The molecule has 1 saturated carbocycles. The van der Waals surface area contributed by atoms with Gasteiger partial charge in [-0.1, -0.05) is 43.5 Å². The van der Waals surface area contributed by atoms with E-state index in [-0.39, 0.29) is 5.57 Å². The fourth-order valence-electron chi connectivity index (χ4n) is 2.98. The number of hydrogen-bond donors (Lipinski definition) is 0. The molecule has 1 aliphatic rings. The highest BCUT2D eigenvalue weighted by atomic mass is 15.1. The predicted molar refractivity (Wildman–Crippen MR) is 84.0 cm³/mol. The standard InChI is InChI=1S/C18H21N3/c1-21(18-9-3-2-4-10-18)14-17-8-6-5-7-16(17)11-15(12-19)13-20/h5-8,11,18H,2-4,9-10,14H2,1H3. The molecule has 1 aromatic carbocycles. The van der Waals surface area contributed by atoms with Gasteiger partial charge in [0.1, 0.15) is 17.7 Å². The zero-order valence-corrected chi connectivity index (χ0v) is 12.5. The average molecular weight is 279 g/mol. The lowest BCUT2D eigenvalue weighted by atomic mass is 9.94. The Morgan fingerprint density at radius 1 is 1.19 bits per heavy atom. The van der Waals surface area contributed by atoms with Crippen LogP contribution < -0.4 is 0 Å². The van der Waals surface area contributed by atoms with Crippen LogP contribution in [0.4, 0.5) is 0 Å². The SMILES string of the molecule is CN(Cc1ccccc1C=C(C#N)C#N)C1CCCCC1. The first-order chi connectivity index (χ1) is 10.2. The first-order valence-corrected chi connectivity index (χ1v) is 7.54. The summed E-state index contributed by atoms with van der Waals surface area (Å²) in [6.07, 6.45) is 8.24. The van der Waals surface area contributed by atoms with Crippen LogP contribution in [-0.2, 0) is 6.54 Å². The van der Waals surface area contributed by atoms with Crippen molar-refractivity contribution in [2.24, 2.45) is 0 Å². The maximum atomic E-state index is 8.91. The third kappa shape index (κ3) is 4.18. The molecule has 0 heterocycles. The van der Waals surface area contributed by atoms with Gasteiger partial charge in [-0.2, -0.15) is 10.5 Å². The molecule has 0 aliphatic heterocycles. The van der Waals surface area contributed by atoms with Gasteiger partial charge >= 0.3 is 0 Å². The predicted octanol–water partition coefficient (Wildman–Crippen LogP) is 3.88. The van der Waals surface area contributed by atoms with Crippen LogP contribution in [0, 0.1) is 22.7 Å². The quantitative estimate of drug-likeness (QED) is 0.786. The largest absolute Gasteiger partial charge is 0.299 e. The highest BCUT2D eigenvalue weighted by molar-refractivity contribution is 5.64. The van der Waals surface area contributed by atoms with Gasteiger partial charge in [-0.3, -0.25) is 4.90 Å². The summed E-state index contributed by atoms with van der Waals surface area (Å²) in [5.41, 5.74) is 2.30. The van der Waals surface area contributed by atoms with Crippen molar-refractivity contribution in [3.63, 3.8) is 0 Å². The van der Waals surface area contributed by atoms with Gasteiger partial charge in [-0.15, -0.1) is 0 Å². The molecular formula is C18H21N3. The van der Waals surface area contributed by atoms with E-state index in [9.17, 15) is 0 Å². The lowest BCUT2D eigenvalue weighted by molar-refractivity contribution is 0.184. The molecule has 0 radical (unpaired) electrons. The van der Waals surface area contributed by atoms with Crippen LogP contribution in [0.2, 0.25) is 0 Å². The molecular weight excluding hydrogens is 258 g/mol. The Balaban J connectivity index is 2.15. The molecule has 3 nitrogen and oxygen atoms in total. The van der Waals surface area contributed by atoms with Crippen LogP contribution in [0.25, 0.3) is 6.08 Å². The van der Waals surface area contributed by atoms with Crippen molar-refractivity contribution < 1.29 is 0 Å². The summed E-state index contributed by atoms with van der Waals surface area (Å²) in [6.45, 7) is 0.863. The zero-order valence-electron chi connectivity index (χ0n) is 12.5. The fourth-order valence-corrected chi connectivity index (χ4v) is 2.98. The Hall–Kier alpha value is -2.10. The van der Waals surface area contributed by atoms with Gasteiger partial charge in [0.2, 0.25) is 0 Å². The molecule has 108 valence electrons. The van der Waals surface area contributed by atoms with E-state index in [4.69, 9.17) is 10.5 Å². The minimum Gasteiger partial charge on any atom is -0.299 e. The van der Waals surface area contributed by atoms with Gasteiger partial charge in [0.05, 0.1) is 0 Å². The van der Waals surface area contributed by atoms with Crippen LogP contribution in [0.15, 0.2) is 29.8 Å². The van der Waals surface area contributed by atoms with E-state index in [2.05, 4.69) is 18.0 Å². The Labute approximate surface area is 127 Å². The minimum absolute atomic E-state index is 0.155. The fraction of sp³-hybridized carbons (Fsp3) is 0.444. The third-order valence-corrected chi connectivity index (χ3v) is 4.21. The molecule has 2 rings (SSSR count). The average Bonchev–Trinajstić information content (AvgIpc) is 2.54. The van der Waals surface area contributed by atoms with E-state index in [1.165, 1.54) is 37.7 Å². The van der Waals surface area contributed by atoms with Crippen molar-refractivity contribution in [3.8, 4) is 12.1 Å². The molecule has 0 saturated heterocycles. The van der Waals surface area contributed by atoms with E-state index >= 15 is 0 Å². The summed E-state index contributed by atoms with van der Waals surface area (Å²) in [6, 6.07) is 12.5. The molecule has 3 heteroatoms. The summed E-state index contributed by atoms with van der Waals surface area (Å²) in [5.74, 6) is 0. The van der Waals surface area contributed by atoms with Gasteiger partial charge in [-0.25, -0.2) is 0 Å². The molecule has 1 fully saturated rings. The Bertz CT molecular complexity index is 567. The van der Waals surface area contributed by atoms with E-state index in [0.717, 1.165) is 12.1 Å². The monoisotopic (exact) mass is 279 g/mol. The molecule has 0 aromatic heterocycles. The highest BCUT2D eigenvalue weighted by Crippen LogP contribution is 2.24. The van der Waals surface area contributed by atoms with E-state index in [0.29, 0.717) is 6.04 Å². The smallest absolute Gasteiger partial charge is 0.130 e. The molecule has 0 unspecified atom stereocenters. The third-order valence-electron chi connectivity index (χ3n) is 4.21. The van der Waals surface area contributed by atoms with Gasteiger partial charge in [0, 0.05) is 12.6 Å². The molecule has 0 spiro atoms. The van der Waals surface area contributed by atoms with E-state index < -0.39 is 0 Å². The lowest BCUT2D eigenvalue weighted by Gasteiger charge is -2.31. The van der Waals surface area contributed by atoms with Crippen LogP contribution in [0.3, 0.4) is 0 Å². The van der Waals surface area contributed by atoms with Gasteiger partial charge < -0.3 is 0 Å². The van der Waals surface area contributed by atoms with Gasteiger partial charge in [0.25, 0.3) is 0 Å². The van der Waals surface area contributed by atoms with Crippen LogP contribution in [0.5, 0.6) is 0 Å². The summed E-state index contributed by atoms with van der Waals surface area (Å²) >= 11 is 0. The second kappa shape index (κ2) is 7.62. The molecule has 0 atom stereocenters. The normalized spacial score (nSPS) is 15.2. The van der Waals surface area contributed by atoms with Gasteiger partial charge in [-0.05, 0) is 37.1 Å². The van der Waals surface area contributed by atoms with Crippen molar-refractivity contribution in [3.05, 3.63) is 41.0 Å². The van der Waals surface area contributed by atoms with E-state index in [1.807, 2.05) is 30.3 Å². The van der Waals surface area contributed by atoms with Crippen molar-refractivity contribution >= 4 is 6.08 Å². The number of hydrogen-bond acceptors (Lipinski definition) is 3. The van der Waals surface area contributed by atoms with Crippen molar-refractivity contribution in [1.29, 1.82) is 10.5 Å². The second-order valence-electron chi connectivity index (χ2n) is 5.69. The topological polar surface area (TPSA) is 50.8 Å². The van der Waals surface area contributed by atoms with Crippen molar-refractivity contribution in [2.45, 2.75) is 44.7 Å². The molecule has 1 aliphatic carbocycles. The Morgan fingerprint density at radius 3 is 2.52 bits per heavy atom. The second-order valence-corrected chi connectivity index (χ2v) is 5.69. The zero-order chi connectivity index (χ0) is 15.1. The van der Waals surface area contributed by atoms with E-state index in [1.54, 1.807) is 6.08 Å². The summed E-state index contributed by atoms with van der Waals surface area (Å²) in [7, 11) is 2.17. The molecule has 0 bridgehead atoms. The van der Waals surface area contributed by atoms with Crippen molar-refractivity contribution in [1.82, 2.24) is 4.90 Å². The minimum atomic E-state index is 0.155. The summed E-state index contributed by atoms with van der Waals surface area (Å²) < 4.78 is 0. The maximum Gasteiger partial charge on any atom is 0.130 e. The summed E-state index contributed by atoms with van der Waals surface area (Å²) in [4.78, 5) is 2.41. The van der Waals surface area contributed by atoms with Crippen molar-refractivity contribution in [2.75, 3.05) is 7.05 Å². The Morgan fingerprint density at radius 2 is 1.86 bits per heavy atom. The van der Waals surface area contributed by atoms with Crippen LogP contribution >= 0.6 is 0 Å². The number of rotatable bonds is 4. The molecule has 0 amide bonds. The lowest BCUT2D eigenvalue weighted by Crippen LogP contribution is -2.33. The highest BCUT2D eigenvalue weighted by Gasteiger charge is 2.18.